The normalized spacial score (nSPS) is 11.9. The van der Waals surface area contributed by atoms with Gasteiger partial charge in [-0.05, 0) is 29.3 Å². The summed E-state index contributed by atoms with van der Waals surface area (Å²) in [6, 6.07) is 13.1. The van der Waals surface area contributed by atoms with Crippen LogP contribution in [0.3, 0.4) is 0 Å². The smallest absolute Gasteiger partial charge is 0.119 e. The van der Waals surface area contributed by atoms with Crippen LogP contribution in [0.5, 0.6) is 5.75 Å². The zero-order chi connectivity index (χ0) is 13.8. The fourth-order valence-electron chi connectivity index (χ4n) is 1.91. The lowest BCUT2D eigenvalue weighted by Crippen LogP contribution is -1.94. The summed E-state index contributed by atoms with van der Waals surface area (Å²) in [6.45, 7) is 3.57. The number of aliphatic hydroxyl groups excluding tert-OH is 1. The highest BCUT2D eigenvalue weighted by molar-refractivity contribution is 5.77. The van der Waals surface area contributed by atoms with Gasteiger partial charge >= 0.3 is 0 Å². The van der Waals surface area contributed by atoms with Gasteiger partial charge in [-0.15, -0.1) is 6.58 Å². The number of hydrogen-bond donors (Lipinski definition) is 2. The Hall–Kier alpha value is -2.26. The van der Waals surface area contributed by atoms with Gasteiger partial charge in [0.25, 0.3) is 0 Å². The van der Waals surface area contributed by atoms with E-state index < -0.39 is 6.10 Å². The van der Waals surface area contributed by atoms with Gasteiger partial charge < -0.3 is 15.6 Å². The SMILES string of the molecule is C=CC(O)c1ccc(-c2cc(OC)ccc2N)cc1. The van der Waals surface area contributed by atoms with E-state index in [2.05, 4.69) is 6.58 Å². The third-order valence-electron chi connectivity index (χ3n) is 3.05. The monoisotopic (exact) mass is 255 g/mol. The molecule has 2 aromatic rings. The van der Waals surface area contributed by atoms with Crippen LogP contribution in [0.15, 0.2) is 55.1 Å². The van der Waals surface area contributed by atoms with E-state index in [1.54, 1.807) is 7.11 Å². The maximum atomic E-state index is 9.66. The van der Waals surface area contributed by atoms with Crippen LogP contribution in [0.2, 0.25) is 0 Å². The van der Waals surface area contributed by atoms with Crippen molar-refractivity contribution < 1.29 is 9.84 Å². The molecule has 98 valence electrons. The number of methoxy groups -OCH3 is 1. The quantitative estimate of drug-likeness (QED) is 0.651. The van der Waals surface area contributed by atoms with Gasteiger partial charge in [0.2, 0.25) is 0 Å². The Bertz CT molecular complexity index is 576. The molecule has 2 aromatic carbocycles. The van der Waals surface area contributed by atoms with Crippen LogP contribution in [0.1, 0.15) is 11.7 Å². The fraction of sp³-hybridized carbons (Fsp3) is 0.125. The van der Waals surface area contributed by atoms with E-state index in [1.807, 2.05) is 42.5 Å². The molecule has 3 N–H and O–H groups in total. The number of nitrogen functional groups attached to an aromatic ring is 1. The zero-order valence-electron chi connectivity index (χ0n) is 10.8. The van der Waals surface area contributed by atoms with Crippen molar-refractivity contribution in [2.45, 2.75) is 6.10 Å². The van der Waals surface area contributed by atoms with E-state index in [0.29, 0.717) is 5.69 Å². The molecule has 0 heterocycles. The highest BCUT2D eigenvalue weighted by Crippen LogP contribution is 2.30. The van der Waals surface area contributed by atoms with Gasteiger partial charge in [0.05, 0.1) is 13.2 Å². The van der Waals surface area contributed by atoms with E-state index in [-0.39, 0.29) is 0 Å². The average molecular weight is 255 g/mol. The van der Waals surface area contributed by atoms with Crippen molar-refractivity contribution in [1.29, 1.82) is 0 Å². The summed E-state index contributed by atoms with van der Waals surface area (Å²) in [5.74, 6) is 0.763. The predicted molar refractivity (Wildman–Crippen MR) is 78.0 cm³/mol. The molecule has 0 aromatic heterocycles. The van der Waals surface area contributed by atoms with Crippen molar-refractivity contribution in [2.24, 2.45) is 0 Å². The predicted octanol–water partition coefficient (Wildman–Crippen LogP) is 3.16. The Labute approximate surface area is 113 Å². The second-order valence-corrected chi connectivity index (χ2v) is 4.26. The highest BCUT2D eigenvalue weighted by atomic mass is 16.5. The van der Waals surface area contributed by atoms with Crippen molar-refractivity contribution in [2.75, 3.05) is 12.8 Å². The molecule has 0 saturated heterocycles. The molecule has 3 heteroatoms. The second-order valence-electron chi connectivity index (χ2n) is 4.26. The van der Waals surface area contributed by atoms with Crippen molar-refractivity contribution in [3.8, 4) is 16.9 Å². The molecule has 0 fully saturated rings. The van der Waals surface area contributed by atoms with E-state index in [4.69, 9.17) is 10.5 Å². The summed E-state index contributed by atoms with van der Waals surface area (Å²) in [5.41, 5.74) is 9.38. The lowest BCUT2D eigenvalue weighted by molar-refractivity contribution is 0.229. The maximum Gasteiger partial charge on any atom is 0.119 e. The van der Waals surface area contributed by atoms with Gasteiger partial charge in [-0.1, -0.05) is 30.3 Å². The number of rotatable bonds is 4. The largest absolute Gasteiger partial charge is 0.497 e. The first-order chi connectivity index (χ1) is 9.15. The summed E-state index contributed by atoms with van der Waals surface area (Å²) in [4.78, 5) is 0. The fourth-order valence-corrected chi connectivity index (χ4v) is 1.91. The lowest BCUT2D eigenvalue weighted by Gasteiger charge is -2.10. The Morgan fingerprint density at radius 2 is 1.89 bits per heavy atom. The molecule has 0 bridgehead atoms. The molecule has 1 atom stereocenters. The molecule has 0 amide bonds. The average Bonchev–Trinajstić information content (AvgIpc) is 2.47. The summed E-state index contributed by atoms with van der Waals surface area (Å²) in [6.07, 6.45) is 0.853. The summed E-state index contributed by atoms with van der Waals surface area (Å²) in [7, 11) is 1.62. The third kappa shape index (κ3) is 2.77. The van der Waals surface area contributed by atoms with Crippen molar-refractivity contribution in [1.82, 2.24) is 0 Å². The third-order valence-corrected chi connectivity index (χ3v) is 3.05. The second kappa shape index (κ2) is 5.59. The molecule has 0 aliphatic heterocycles. The van der Waals surface area contributed by atoms with Crippen LogP contribution in [0.25, 0.3) is 11.1 Å². The first-order valence-corrected chi connectivity index (χ1v) is 6.00. The molecule has 0 radical (unpaired) electrons. The standard InChI is InChI=1S/C16H17NO2/c1-3-16(18)12-6-4-11(5-7-12)14-10-13(19-2)8-9-15(14)17/h3-10,16,18H,1,17H2,2H3. The molecule has 2 rings (SSSR count). The van der Waals surface area contributed by atoms with Gasteiger partial charge in [0, 0.05) is 11.3 Å². The summed E-state index contributed by atoms with van der Waals surface area (Å²) < 4.78 is 5.20. The lowest BCUT2D eigenvalue weighted by atomic mass is 10.0. The van der Waals surface area contributed by atoms with Crippen molar-refractivity contribution in [3.63, 3.8) is 0 Å². The molecular formula is C16H17NO2. The summed E-state index contributed by atoms with van der Waals surface area (Å²) >= 11 is 0. The molecular weight excluding hydrogens is 238 g/mol. The number of aliphatic hydroxyl groups is 1. The zero-order valence-corrected chi connectivity index (χ0v) is 10.8. The van der Waals surface area contributed by atoms with Crippen LogP contribution in [0.4, 0.5) is 5.69 Å². The number of hydrogen-bond acceptors (Lipinski definition) is 3. The molecule has 0 aliphatic carbocycles. The Balaban J connectivity index is 2.39. The topological polar surface area (TPSA) is 55.5 Å². The summed E-state index contributed by atoms with van der Waals surface area (Å²) in [5, 5.41) is 9.66. The van der Waals surface area contributed by atoms with Crippen LogP contribution in [-0.4, -0.2) is 12.2 Å². The minimum absolute atomic E-state index is 0.642. The van der Waals surface area contributed by atoms with Crippen molar-refractivity contribution >= 4 is 5.69 Å². The van der Waals surface area contributed by atoms with Gasteiger partial charge in [0.1, 0.15) is 5.75 Å². The van der Waals surface area contributed by atoms with Gasteiger partial charge in [-0.25, -0.2) is 0 Å². The first-order valence-electron chi connectivity index (χ1n) is 6.00. The number of benzene rings is 2. The number of nitrogens with two attached hydrogens (primary N) is 1. The highest BCUT2D eigenvalue weighted by Gasteiger charge is 2.06. The molecule has 0 aliphatic rings. The number of anilines is 1. The van der Waals surface area contributed by atoms with Gasteiger partial charge in [0.15, 0.2) is 0 Å². The van der Waals surface area contributed by atoms with Crippen LogP contribution >= 0.6 is 0 Å². The van der Waals surface area contributed by atoms with E-state index in [0.717, 1.165) is 22.4 Å². The molecule has 0 saturated carbocycles. The Kier molecular flexibility index (Phi) is 3.88. The molecule has 0 spiro atoms. The van der Waals surface area contributed by atoms with Crippen LogP contribution in [0, 0.1) is 0 Å². The van der Waals surface area contributed by atoms with E-state index in [9.17, 15) is 5.11 Å². The van der Waals surface area contributed by atoms with Crippen molar-refractivity contribution in [3.05, 3.63) is 60.7 Å². The maximum absolute atomic E-state index is 9.66. The number of ether oxygens (including phenoxy) is 1. The van der Waals surface area contributed by atoms with Gasteiger partial charge in [-0.2, -0.15) is 0 Å². The first kappa shape index (κ1) is 13.2. The Morgan fingerprint density at radius 1 is 1.21 bits per heavy atom. The van der Waals surface area contributed by atoms with E-state index >= 15 is 0 Å². The molecule has 1 unspecified atom stereocenters. The minimum atomic E-state index is -0.642. The van der Waals surface area contributed by atoms with Crippen LogP contribution < -0.4 is 10.5 Å². The molecule has 19 heavy (non-hydrogen) atoms. The van der Waals surface area contributed by atoms with Gasteiger partial charge in [-0.3, -0.25) is 0 Å². The minimum Gasteiger partial charge on any atom is -0.497 e. The van der Waals surface area contributed by atoms with E-state index in [1.165, 1.54) is 6.08 Å². The van der Waals surface area contributed by atoms with Crippen LogP contribution in [-0.2, 0) is 0 Å². The molecule has 3 nitrogen and oxygen atoms in total. The Morgan fingerprint density at radius 3 is 2.47 bits per heavy atom.